The summed E-state index contributed by atoms with van der Waals surface area (Å²) in [6, 6.07) is 16.9. The number of nitrogens with zero attached hydrogens (tertiary/aromatic N) is 2. The van der Waals surface area contributed by atoms with Gasteiger partial charge in [0.25, 0.3) is 0 Å². The fourth-order valence-electron chi connectivity index (χ4n) is 3.11. The molecule has 0 radical (unpaired) electrons. The van der Waals surface area contributed by atoms with Crippen molar-refractivity contribution in [2.75, 3.05) is 43.9 Å². The summed E-state index contributed by atoms with van der Waals surface area (Å²) in [7, 11) is -3.20. The number of hydrogen-bond acceptors (Lipinski definition) is 5. The monoisotopic (exact) mass is 360 g/mol. The number of piperazine rings is 1. The van der Waals surface area contributed by atoms with Gasteiger partial charge in [0.2, 0.25) is 0 Å². The van der Waals surface area contributed by atoms with Gasteiger partial charge in [-0.25, -0.2) is 8.42 Å². The lowest BCUT2D eigenvalue weighted by atomic mass is 10.1. The van der Waals surface area contributed by atoms with Gasteiger partial charge in [0.1, 0.15) is 0 Å². The number of para-hydroxylation sites is 1. The van der Waals surface area contributed by atoms with Gasteiger partial charge in [0.15, 0.2) is 9.84 Å². The Morgan fingerprint density at radius 2 is 1.56 bits per heavy atom. The number of hydrogen-bond donors (Lipinski definition) is 1. The van der Waals surface area contributed by atoms with Gasteiger partial charge in [0.05, 0.1) is 11.0 Å². The van der Waals surface area contributed by atoms with Crippen molar-refractivity contribution in [3.63, 3.8) is 0 Å². The minimum Gasteiger partial charge on any atom is -0.387 e. The Bertz CT molecular complexity index is 783. The molecule has 0 unspecified atom stereocenters. The van der Waals surface area contributed by atoms with Crippen LogP contribution in [0.4, 0.5) is 5.69 Å². The molecule has 1 heterocycles. The van der Waals surface area contributed by atoms with E-state index >= 15 is 0 Å². The van der Waals surface area contributed by atoms with Crippen LogP contribution in [0, 0.1) is 0 Å². The van der Waals surface area contributed by atoms with Crippen molar-refractivity contribution in [2.24, 2.45) is 0 Å². The molecule has 0 bridgehead atoms. The summed E-state index contributed by atoms with van der Waals surface area (Å²) in [5.41, 5.74) is 1.98. The lowest BCUT2D eigenvalue weighted by molar-refractivity contribution is 0.109. The van der Waals surface area contributed by atoms with Crippen LogP contribution in [0.5, 0.6) is 0 Å². The number of β-amino-alcohol motifs (C(OH)–C–C–N with tert-alkyl or cyclic N) is 1. The maximum atomic E-state index is 11.5. The largest absolute Gasteiger partial charge is 0.387 e. The number of rotatable bonds is 5. The molecular formula is C19H24N2O3S. The molecule has 6 heteroatoms. The second-order valence-corrected chi connectivity index (χ2v) is 8.50. The van der Waals surface area contributed by atoms with E-state index in [0.717, 1.165) is 31.7 Å². The standard InChI is InChI=1S/C19H24N2O3S/c1-25(23,24)18-9-7-16(8-10-18)19(22)15-20-11-13-21(14-12-20)17-5-3-2-4-6-17/h2-10,19,22H,11-15H2,1H3/t19-/m1/s1. The van der Waals surface area contributed by atoms with Crippen LogP contribution >= 0.6 is 0 Å². The second-order valence-electron chi connectivity index (χ2n) is 6.48. The predicted molar refractivity (Wildman–Crippen MR) is 99.6 cm³/mol. The lowest BCUT2D eigenvalue weighted by Gasteiger charge is -2.37. The predicted octanol–water partition coefficient (Wildman–Crippen LogP) is 1.95. The zero-order valence-corrected chi connectivity index (χ0v) is 15.2. The molecule has 3 rings (SSSR count). The van der Waals surface area contributed by atoms with Gasteiger partial charge in [-0.1, -0.05) is 30.3 Å². The minimum atomic E-state index is -3.20. The Morgan fingerprint density at radius 1 is 0.960 bits per heavy atom. The average Bonchev–Trinajstić information content (AvgIpc) is 2.62. The van der Waals surface area contributed by atoms with Crippen molar-refractivity contribution in [2.45, 2.75) is 11.0 Å². The van der Waals surface area contributed by atoms with E-state index in [9.17, 15) is 13.5 Å². The molecule has 1 aliphatic heterocycles. The normalized spacial score (nSPS) is 17.4. The maximum absolute atomic E-state index is 11.5. The molecule has 0 saturated carbocycles. The highest BCUT2D eigenvalue weighted by atomic mass is 32.2. The summed E-state index contributed by atoms with van der Waals surface area (Å²) in [6.45, 7) is 4.22. The van der Waals surface area contributed by atoms with Crippen molar-refractivity contribution in [1.82, 2.24) is 4.90 Å². The molecule has 0 amide bonds. The molecule has 1 aliphatic rings. The number of aliphatic hydroxyl groups excluding tert-OH is 1. The molecule has 1 saturated heterocycles. The summed E-state index contributed by atoms with van der Waals surface area (Å²) < 4.78 is 23.0. The van der Waals surface area contributed by atoms with Crippen LogP contribution in [-0.2, 0) is 9.84 Å². The fraction of sp³-hybridized carbons (Fsp3) is 0.368. The molecule has 2 aromatic carbocycles. The van der Waals surface area contributed by atoms with Crippen molar-refractivity contribution < 1.29 is 13.5 Å². The van der Waals surface area contributed by atoms with Crippen LogP contribution in [0.1, 0.15) is 11.7 Å². The van der Waals surface area contributed by atoms with E-state index in [2.05, 4.69) is 21.9 Å². The third-order valence-electron chi connectivity index (χ3n) is 4.62. The first-order valence-electron chi connectivity index (χ1n) is 8.44. The van der Waals surface area contributed by atoms with E-state index in [0.29, 0.717) is 6.54 Å². The molecule has 134 valence electrons. The van der Waals surface area contributed by atoms with E-state index in [-0.39, 0.29) is 4.90 Å². The first-order valence-corrected chi connectivity index (χ1v) is 10.3. The number of benzene rings is 2. The van der Waals surface area contributed by atoms with Gasteiger partial charge in [-0.05, 0) is 29.8 Å². The Morgan fingerprint density at radius 3 is 2.12 bits per heavy atom. The summed E-state index contributed by atoms with van der Waals surface area (Å²) >= 11 is 0. The lowest BCUT2D eigenvalue weighted by Crippen LogP contribution is -2.47. The van der Waals surface area contributed by atoms with E-state index in [4.69, 9.17) is 0 Å². The van der Waals surface area contributed by atoms with Gasteiger partial charge >= 0.3 is 0 Å². The van der Waals surface area contributed by atoms with Crippen molar-refractivity contribution in [3.05, 3.63) is 60.2 Å². The van der Waals surface area contributed by atoms with Gasteiger partial charge in [-0.15, -0.1) is 0 Å². The molecule has 1 fully saturated rings. The number of anilines is 1. The van der Waals surface area contributed by atoms with Gasteiger partial charge in [-0.3, -0.25) is 4.90 Å². The van der Waals surface area contributed by atoms with Crippen molar-refractivity contribution in [3.8, 4) is 0 Å². The van der Waals surface area contributed by atoms with Crippen molar-refractivity contribution >= 4 is 15.5 Å². The van der Waals surface area contributed by atoms with Gasteiger partial charge in [-0.2, -0.15) is 0 Å². The zero-order chi connectivity index (χ0) is 17.9. The Hall–Kier alpha value is -1.89. The Balaban J connectivity index is 1.55. The van der Waals surface area contributed by atoms with Gasteiger partial charge < -0.3 is 10.0 Å². The van der Waals surface area contributed by atoms with Crippen LogP contribution in [-0.4, -0.2) is 57.4 Å². The van der Waals surface area contributed by atoms with E-state index < -0.39 is 15.9 Å². The number of aliphatic hydroxyl groups is 1. The SMILES string of the molecule is CS(=O)(=O)c1ccc([C@H](O)CN2CCN(c3ccccc3)CC2)cc1. The molecule has 1 atom stereocenters. The third-order valence-corrected chi connectivity index (χ3v) is 5.75. The molecule has 25 heavy (non-hydrogen) atoms. The summed E-state index contributed by atoms with van der Waals surface area (Å²) in [6.07, 6.45) is 0.571. The first-order chi connectivity index (χ1) is 11.9. The zero-order valence-electron chi connectivity index (χ0n) is 14.4. The van der Waals surface area contributed by atoms with Gasteiger partial charge in [0, 0.05) is 44.7 Å². The van der Waals surface area contributed by atoms with E-state index in [1.54, 1.807) is 24.3 Å². The van der Waals surface area contributed by atoms with Crippen molar-refractivity contribution in [1.29, 1.82) is 0 Å². The summed E-state index contributed by atoms with van der Waals surface area (Å²) in [5.74, 6) is 0. The molecule has 0 aliphatic carbocycles. The highest BCUT2D eigenvalue weighted by Crippen LogP contribution is 2.20. The molecule has 2 aromatic rings. The molecule has 5 nitrogen and oxygen atoms in total. The molecule has 1 N–H and O–H groups in total. The van der Waals surface area contributed by atoms with Crippen LogP contribution in [0.3, 0.4) is 0 Å². The fourth-order valence-corrected chi connectivity index (χ4v) is 3.75. The first kappa shape index (κ1) is 17.9. The van der Waals surface area contributed by atoms with Crippen LogP contribution in [0.25, 0.3) is 0 Å². The maximum Gasteiger partial charge on any atom is 0.175 e. The smallest absolute Gasteiger partial charge is 0.175 e. The Kier molecular flexibility index (Phi) is 5.42. The summed E-state index contributed by atoms with van der Waals surface area (Å²) in [4.78, 5) is 4.87. The Labute approximate surface area is 149 Å². The minimum absolute atomic E-state index is 0.278. The van der Waals surface area contributed by atoms with Crippen LogP contribution < -0.4 is 4.90 Å². The quantitative estimate of drug-likeness (QED) is 0.883. The average molecular weight is 360 g/mol. The van der Waals surface area contributed by atoms with Crippen LogP contribution in [0.15, 0.2) is 59.5 Å². The third kappa shape index (κ3) is 4.60. The van der Waals surface area contributed by atoms with E-state index in [1.165, 1.54) is 11.9 Å². The topological polar surface area (TPSA) is 60.9 Å². The molecule has 0 spiro atoms. The van der Waals surface area contributed by atoms with Crippen LogP contribution in [0.2, 0.25) is 0 Å². The molecule has 0 aromatic heterocycles. The molecular weight excluding hydrogens is 336 g/mol. The summed E-state index contributed by atoms with van der Waals surface area (Å²) in [5, 5.41) is 10.4. The van der Waals surface area contributed by atoms with E-state index in [1.807, 2.05) is 18.2 Å². The second kappa shape index (κ2) is 7.56. The number of sulfone groups is 1. The highest BCUT2D eigenvalue weighted by molar-refractivity contribution is 7.90. The highest BCUT2D eigenvalue weighted by Gasteiger charge is 2.20.